The van der Waals surface area contributed by atoms with Crippen LogP contribution in [0, 0.1) is 0 Å². The highest BCUT2D eigenvalue weighted by Gasteiger charge is 2.02. The Hall–Kier alpha value is -0.860. The molecule has 0 heterocycles. The maximum atomic E-state index is 5.74. The largest absolute Gasteiger partial charge is 0.374 e. The molecular weight excluding hydrogens is 224 g/mol. The first-order valence-electron chi connectivity index (χ1n) is 6.96. The molecule has 0 aliphatic heterocycles. The molecule has 0 aliphatic rings. The van der Waals surface area contributed by atoms with Crippen LogP contribution in [0.3, 0.4) is 0 Å². The summed E-state index contributed by atoms with van der Waals surface area (Å²) in [6, 6.07) is 8.46. The Kier molecular flexibility index (Phi) is 6.99. The summed E-state index contributed by atoms with van der Waals surface area (Å²) in [5.41, 5.74) is 2.45. The van der Waals surface area contributed by atoms with E-state index in [1.54, 1.807) is 0 Å². The minimum absolute atomic E-state index is 0.324. The van der Waals surface area contributed by atoms with Crippen LogP contribution in [0.1, 0.15) is 51.7 Å². The normalized spacial score (nSPS) is 14.4. The van der Waals surface area contributed by atoms with Gasteiger partial charge >= 0.3 is 0 Å². The Labute approximate surface area is 111 Å². The number of ether oxygens (including phenoxy) is 2. The van der Waals surface area contributed by atoms with E-state index in [1.807, 2.05) is 0 Å². The molecule has 18 heavy (non-hydrogen) atoms. The maximum absolute atomic E-state index is 5.74. The molecule has 0 aromatic heterocycles. The van der Waals surface area contributed by atoms with Crippen molar-refractivity contribution in [2.75, 3.05) is 0 Å². The van der Waals surface area contributed by atoms with Gasteiger partial charge in [-0.2, -0.15) is 0 Å². The number of hydrogen-bond acceptors (Lipinski definition) is 2. The van der Waals surface area contributed by atoms with Gasteiger partial charge in [0.15, 0.2) is 0 Å². The van der Waals surface area contributed by atoms with Crippen LogP contribution in [0.25, 0.3) is 0 Å². The third-order valence-corrected chi connectivity index (χ3v) is 3.21. The van der Waals surface area contributed by atoms with Crippen LogP contribution in [-0.4, -0.2) is 12.2 Å². The lowest BCUT2D eigenvalue weighted by molar-refractivity contribution is 0.0479. The Morgan fingerprint density at radius 2 is 1.33 bits per heavy atom. The van der Waals surface area contributed by atoms with E-state index in [2.05, 4.69) is 52.0 Å². The zero-order valence-corrected chi connectivity index (χ0v) is 12.1. The third kappa shape index (κ3) is 5.65. The third-order valence-electron chi connectivity index (χ3n) is 3.21. The Balaban J connectivity index is 2.46. The quantitative estimate of drug-likeness (QED) is 0.684. The molecule has 0 radical (unpaired) electrons. The second-order valence-corrected chi connectivity index (χ2v) is 4.88. The monoisotopic (exact) mass is 250 g/mol. The molecule has 0 fully saturated rings. The molecule has 1 aromatic rings. The zero-order chi connectivity index (χ0) is 13.4. The van der Waals surface area contributed by atoms with Crippen LogP contribution >= 0.6 is 0 Å². The topological polar surface area (TPSA) is 18.5 Å². The fourth-order valence-corrected chi connectivity index (χ4v) is 1.52. The highest BCUT2D eigenvalue weighted by atomic mass is 16.5. The van der Waals surface area contributed by atoms with Gasteiger partial charge in [-0.1, -0.05) is 38.1 Å². The second kappa shape index (κ2) is 8.28. The van der Waals surface area contributed by atoms with Crippen molar-refractivity contribution in [3.63, 3.8) is 0 Å². The van der Waals surface area contributed by atoms with Gasteiger partial charge in [0.25, 0.3) is 0 Å². The fraction of sp³-hybridized carbons (Fsp3) is 0.625. The Morgan fingerprint density at radius 1 is 0.889 bits per heavy atom. The maximum Gasteiger partial charge on any atom is 0.0720 e. The lowest BCUT2D eigenvalue weighted by atomic mass is 10.1. The van der Waals surface area contributed by atoms with Crippen LogP contribution in [0.2, 0.25) is 0 Å². The van der Waals surface area contributed by atoms with Gasteiger partial charge in [0.05, 0.1) is 25.4 Å². The lowest BCUT2D eigenvalue weighted by Crippen LogP contribution is -2.07. The first-order chi connectivity index (χ1) is 8.65. The van der Waals surface area contributed by atoms with Crippen molar-refractivity contribution in [2.45, 2.75) is 66.0 Å². The highest BCUT2D eigenvalue weighted by Crippen LogP contribution is 2.11. The molecule has 0 N–H and O–H groups in total. The van der Waals surface area contributed by atoms with E-state index in [0.717, 1.165) is 12.8 Å². The molecule has 1 rings (SSSR count). The van der Waals surface area contributed by atoms with E-state index in [1.165, 1.54) is 11.1 Å². The summed E-state index contributed by atoms with van der Waals surface area (Å²) in [7, 11) is 0. The van der Waals surface area contributed by atoms with Crippen molar-refractivity contribution in [1.29, 1.82) is 0 Å². The predicted molar refractivity (Wildman–Crippen MR) is 75.5 cm³/mol. The van der Waals surface area contributed by atoms with Gasteiger partial charge in [-0.3, -0.25) is 0 Å². The number of rotatable bonds is 8. The molecule has 102 valence electrons. The highest BCUT2D eigenvalue weighted by molar-refractivity contribution is 5.22. The van der Waals surface area contributed by atoms with Crippen LogP contribution in [0.15, 0.2) is 24.3 Å². The molecule has 2 nitrogen and oxygen atoms in total. The zero-order valence-electron chi connectivity index (χ0n) is 12.1. The predicted octanol–water partition coefficient (Wildman–Crippen LogP) is 4.32. The first kappa shape index (κ1) is 15.2. The smallest absolute Gasteiger partial charge is 0.0720 e. The summed E-state index contributed by atoms with van der Waals surface area (Å²) in [5.74, 6) is 0. The van der Waals surface area contributed by atoms with Crippen LogP contribution in [-0.2, 0) is 22.7 Å². The van der Waals surface area contributed by atoms with Gasteiger partial charge in [-0.15, -0.1) is 0 Å². The Morgan fingerprint density at radius 3 is 1.72 bits per heavy atom. The van der Waals surface area contributed by atoms with E-state index >= 15 is 0 Å². The molecule has 1 aromatic carbocycles. The van der Waals surface area contributed by atoms with Crippen LogP contribution in [0.4, 0.5) is 0 Å². The molecule has 0 aliphatic carbocycles. The van der Waals surface area contributed by atoms with Crippen molar-refractivity contribution < 1.29 is 9.47 Å². The van der Waals surface area contributed by atoms with Gasteiger partial charge in [0.1, 0.15) is 0 Å². The van der Waals surface area contributed by atoms with Crippen molar-refractivity contribution in [2.24, 2.45) is 0 Å². The Bertz CT molecular complexity index is 306. The summed E-state index contributed by atoms with van der Waals surface area (Å²) in [6.07, 6.45) is 2.75. The van der Waals surface area contributed by atoms with E-state index in [4.69, 9.17) is 9.47 Å². The molecule has 0 amide bonds. The van der Waals surface area contributed by atoms with Crippen LogP contribution < -0.4 is 0 Å². The van der Waals surface area contributed by atoms with Crippen molar-refractivity contribution in [1.82, 2.24) is 0 Å². The van der Waals surface area contributed by atoms with Crippen molar-refractivity contribution in [3.8, 4) is 0 Å². The average molecular weight is 250 g/mol. The fourth-order valence-electron chi connectivity index (χ4n) is 1.52. The van der Waals surface area contributed by atoms with Crippen LogP contribution in [0.5, 0.6) is 0 Å². The molecule has 0 spiro atoms. The number of hydrogen-bond donors (Lipinski definition) is 0. The van der Waals surface area contributed by atoms with E-state index in [-0.39, 0.29) is 0 Å². The van der Waals surface area contributed by atoms with Gasteiger partial charge in [-0.05, 0) is 37.8 Å². The van der Waals surface area contributed by atoms with Gasteiger partial charge in [0.2, 0.25) is 0 Å². The summed E-state index contributed by atoms with van der Waals surface area (Å²) < 4.78 is 11.5. The molecule has 0 saturated carbocycles. The van der Waals surface area contributed by atoms with Gasteiger partial charge in [-0.25, -0.2) is 0 Å². The van der Waals surface area contributed by atoms with E-state index < -0.39 is 0 Å². The minimum atomic E-state index is 0.324. The molecule has 0 saturated heterocycles. The SMILES string of the molecule is CCC(C)OCc1cccc(COC(C)CC)c1. The van der Waals surface area contributed by atoms with Crippen molar-refractivity contribution >= 4 is 0 Å². The minimum Gasteiger partial charge on any atom is -0.374 e. The summed E-state index contributed by atoms with van der Waals surface area (Å²) >= 11 is 0. The van der Waals surface area contributed by atoms with Gasteiger partial charge < -0.3 is 9.47 Å². The summed E-state index contributed by atoms with van der Waals surface area (Å²) in [4.78, 5) is 0. The molecule has 2 atom stereocenters. The second-order valence-electron chi connectivity index (χ2n) is 4.88. The standard InChI is InChI=1S/C16H26O2/c1-5-13(3)17-11-15-8-7-9-16(10-15)12-18-14(4)6-2/h7-10,13-14H,5-6,11-12H2,1-4H3. The van der Waals surface area contributed by atoms with Crippen molar-refractivity contribution in [3.05, 3.63) is 35.4 Å². The summed E-state index contributed by atoms with van der Waals surface area (Å²) in [6.45, 7) is 9.87. The van der Waals surface area contributed by atoms with E-state index in [0.29, 0.717) is 25.4 Å². The summed E-state index contributed by atoms with van der Waals surface area (Å²) in [5, 5.41) is 0. The molecule has 2 unspecified atom stereocenters. The lowest BCUT2D eigenvalue weighted by Gasteiger charge is -2.13. The molecule has 2 heteroatoms. The molecule has 0 bridgehead atoms. The van der Waals surface area contributed by atoms with Gasteiger partial charge in [0, 0.05) is 0 Å². The van der Waals surface area contributed by atoms with E-state index in [9.17, 15) is 0 Å². The average Bonchev–Trinajstić information content (AvgIpc) is 2.42. The molecular formula is C16H26O2. The number of benzene rings is 1. The first-order valence-corrected chi connectivity index (χ1v) is 6.96.